The van der Waals surface area contributed by atoms with E-state index in [1.807, 2.05) is 6.92 Å². The van der Waals surface area contributed by atoms with Gasteiger partial charge in [0, 0.05) is 33.3 Å². The van der Waals surface area contributed by atoms with E-state index < -0.39 is 12.1 Å². The van der Waals surface area contributed by atoms with E-state index in [1.165, 1.54) is 0 Å². The van der Waals surface area contributed by atoms with Crippen LogP contribution in [0.2, 0.25) is 10.0 Å². The van der Waals surface area contributed by atoms with E-state index in [0.29, 0.717) is 26.9 Å². The number of aryl methyl sites for hydroxylation is 1. The zero-order valence-corrected chi connectivity index (χ0v) is 18.8. The van der Waals surface area contributed by atoms with Crippen molar-refractivity contribution in [3.63, 3.8) is 0 Å². The minimum Gasteiger partial charge on any atom is -0.449 e. The van der Waals surface area contributed by atoms with Crippen molar-refractivity contribution in [2.45, 2.75) is 25.9 Å². The summed E-state index contributed by atoms with van der Waals surface area (Å²) >= 11 is 12.0. The SMILES string of the molecule is Cc1ccc(NC(=O)CCC(=O)O[C@@H](C(=O)c2ccccc2)c2ccc(Cl)cc2)cc1Cl. The number of carbonyl (C=O) groups is 3. The van der Waals surface area contributed by atoms with Crippen LogP contribution in [0, 0.1) is 6.92 Å². The van der Waals surface area contributed by atoms with Crippen LogP contribution in [0.1, 0.15) is 40.4 Å². The zero-order chi connectivity index (χ0) is 23.1. The van der Waals surface area contributed by atoms with Crippen molar-refractivity contribution in [2.24, 2.45) is 0 Å². The number of halogens is 2. The lowest BCUT2D eigenvalue weighted by atomic mass is 10.00. The van der Waals surface area contributed by atoms with Gasteiger partial charge in [0.2, 0.25) is 11.7 Å². The quantitative estimate of drug-likeness (QED) is 0.315. The van der Waals surface area contributed by atoms with Crippen LogP contribution in [-0.2, 0) is 14.3 Å². The van der Waals surface area contributed by atoms with Gasteiger partial charge < -0.3 is 10.1 Å². The third kappa shape index (κ3) is 6.42. The maximum Gasteiger partial charge on any atom is 0.307 e. The number of carbonyl (C=O) groups excluding carboxylic acids is 3. The fourth-order valence-electron chi connectivity index (χ4n) is 2.96. The van der Waals surface area contributed by atoms with E-state index >= 15 is 0 Å². The van der Waals surface area contributed by atoms with Gasteiger partial charge in [-0.05, 0) is 36.8 Å². The molecule has 0 radical (unpaired) electrons. The summed E-state index contributed by atoms with van der Waals surface area (Å²) in [6.07, 6.45) is -1.42. The predicted octanol–water partition coefficient (Wildman–Crippen LogP) is 6.19. The van der Waals surface area contributed by atoms with E-state index in [-0.39, 0.29) is 24.5 Å². The van der Waals surface area contributed by atoms with Crippen LogP contribution >= 0.6 is 23.2 Å². The van der Waals surface area contributed by atoms with Crippen LogP contribution < -0.4 is 5.32 Å². The molecule has 1 amide bonds. The second-order valence-electron chi connectivity index (χ2n) is 7.16. The average Bonchev–Trinajstić information content (AvgIpc) is 2.79. The molecule has 7 heteroatoms. The third-order valence-electron chi connectivity index (χ3n) is 4.73. The van der Waals surface area contributed by atoms with Gasteiger partial charge in [-0.1, -0.05) is 71.7 Å². The van der Waals surface area contributed by atoms with Gasteiger partial charge in [-0.25, -0.2) is 0 Å². The number of hydrogen-bond acceptors (Lipinski definition) is 4. The molecule has 1 atom stereocenters. The molecule has 0 saturated heterocycles. The van der Waals surface area contributed by atoms with E-state index in [4.69, 9.17) is 27.9 Å². The number of amides is 1. The first-order valence-electron chi connectivity index (χ1n) is 9.93. The second kappa shape index (κ2) is 10.9. The monoisotopic (exact) mass is 469 g/mol. The van der Waals surface area contributed by atoms with E-state index in [0.717, 1.165) is 5.56 Å². The maximum atomic E-state index is 13.0. The molecule has 1 N–H and O–H groups in total. The largest absolute Gasteiger partial charge is 0.449 e. The zero-order valence-electron chi connectivity index (χ0n) is 17.3. The molecule has 0 spiro atoms. The molecule has 0 bridgehead atoms. The summed E-state index contributed by atoms with van der Waals surface area (Å²) in [6.45, 7) is 1.86. The Bertz CT molecular complexity index is 1110. The normalized spacial score (nSPS) is 11.5. The average molecular weight is 470 g/mol. The predicted molar refractivity (Wildman–Crippen MR) is 125 cm³/mol. The summed E-state index contributed by atoms with van der Waals surface area (Å²) in [5.74, 6) is -1.38. The molecule has 0 aliphatic carbocycles. The van der Waals surface area contributed by atoms with Gasteiger partial charge in [-0.3, -0.25) is 14.4 Å². The summed E-state index contributed by atoms with van der Waals surface area (Å²) in [4.78, 5) is 37.7. The maximum absolute atomic E-state index is 13.0. The number of esters is 1. The van der Waals surface area contributed by atoms with Crippen molar-refractivity contribution >= 4 is 46.5 Å². The Morgan fingerprint density at radius 2 is 1.59 bits per heavy atom. The molecule has 0 aliphatic rings. The van der Waals surface area contributed by atoms with Crippen molar-refractivity contribution in [3.8, 4) is 0 Å². The number of Topliss-reactive ketones (excluding diaryl/α,β-unsaturated/α-hetero) is 1. The molecule has 0 heterocycles. The lowest BCUT2D eigenvalue weighted by molar-refractivity contribution is -0.148. The molecular formula is C25H21Cl2NO4. The standard InChI is InChI=1S/C25H21Cl2NO4/c1-16-7-12-20(15-21(16)27)28-22(29)13-14-23(30)32-25(18-8-10-19(26)11-9-18)24(31)17-5-3-2-4-6-17/h2-12,15,25H,13-14H2,1H3,(H,28,29)/t25-/m1/s1. The number of nitrogens with one attached hydrogen (secondary N) is 1. The Kier molecular flexibility index (Phi) is 8.03. The first-order valence-corrected chi connectivity index (χ1v) is 10.7. The molecule has 0 saturated carbocycles. The van der Waals surface area contributed by atoms with Crippen LogP contribution in [0.4, 0.5) is 5.69 Å². The third-order valence-corrected chi connectivity index (χ3v) is 5.39. The number of benzene rings is 3. The Morgan fingerprint density at radius 1 is 0.906 bits per heavy atom. The Hall–Kier alpha value is -3.15. The van der Waals surface area contributed by atoms with Gasteiger partial charge in [0.15, 0.2) is 6.10 Å². The minimum absolute atomic E-state index is 0.100. The Labute approximate surface area is 196 Å². The molecule has 3 aromatic carbocycles. The summed E-state index contributed by atoms with van der Waals surface area (Å²) in [6, 6.07) is 20.2. The molecular weight excluding hydrogens is 449 g/mol. The highest BCUT2D eigenvalue weighted by Crippen LogP contribution is 2.25. The molecule has 3 rings (SSSR count). The van der Waals surface area contributed by atoms with Crippen LogP contribution in [-0.4, -0.2) is 17.7 Å². The van der Waals surface area contributed by atoms with Gasteiger partial charge in [-0.15, -0.1) is 0 Å². The molecule has 164 valence electrons. The van der Waals surface area contributed by atoms with Gasteiger partial charge in [0.05, 0.1) is 6.42 Å². The van der Waals surface area contributed by atoms with Crippen molar-refractivity contribution in [2.75, 3.05) is 5.32 Å². The number of rotatable bonds is 8. The summed E-state index contributed by atoms with van der Waals surface area (Å²) < 4.78 is 5.50. The number of ether oxygens (including phenoxy) is 1. The number of anilines is 1. The smallest absolute Gasteiger partial charge is 0.307 e. The topological polar surface area (TPSA) is 72.5 Å². The molecule has 0 unspecified atom stereocenters. The summed E-state index contributed by atoms with van der Waals surface area (Å²) in [5.41, 5.74) is 2.34. The first-order chi connectivity index (χ1) is 15.3. The van der Waals surface area contributed by atoms with Crippen molar-refractivity contribution < 1.29 is 19.1 Å². The summed E-state index contributed by atoms with van der Waals surface area (Å²) in [5, 5.41) is 3.73. The molecule has 0 aromatic heterocycles. The highest BCUT2D eigenvalue weighted by molar-refractivity contribution is 6.31. The molecule has 5 nitrogen and oxygen atoms in total. The van der Waals surface area contributed by atoms with Gasteiger partial charge in [0.1, 0.15) is 0 Å². The molecule has 0 aliphatic heterocycles. The first kappa shape index (κ1) is 23.5. The number of ketones is 1. The van der Waals surface area contributed by atoms with Gasteiger partial charge >= 0.3 is 5.97 Å². The molecule has 3 aromatic rings. The summed E-state index contributed by atoms with van der Waals surface area (Å²) in [7, 11) is 0. The van der Waals surface area contributed by atoms with Gasteiger partial charge in [0.25, 0.3) is 0 Å². The minimum atomic E-state index is -1.14. The Balaban J connectivity index is 1.65. The lowest BCUT2D eigenvalue weighted by Gasteiger charge is -2.17. The fraction of sp³-hybridized carbons (Fsp3) is 0.160. The van der Waals surface area contributed by atoms with Crippen molar-refractivity contribution in [3.05, 3.63) is 99.5 Å². The van der Waals surface area contributed by atoms with Crippen molar-refractivity contribution in [1.29, 1.82) is 0 Å². The van der Waals surface area contributed by atoms with E-state index in [1.54, 1.807) is 72.8 Å². The Morgan fingerprint density at radius 3 is 2.25 bits per heavy atom. The molecule has 0 fully saturated rings. The number of hydrogen-bond donors (Lipinski definition) is 1. The lowest BCUT2D eigenvalue weighted by Crippen LogP contribution is -2.21. The van der Waals surface area contributed by atoms with E-state index in [2.05, 4.69) is 5.32 Å². The fourth-order valence-corrected chi connectivity index (χ4v) is 3.27. The van der Waals surface area contributed by atoms with Crippen LogP contribution in [0.25, 0.3) is 0 Å². The second-order valence-corrected chi connectivity index (χ2v) is 8.01. The highest BCUT2D eigenvalue weighted by Gasteiger charge is 2.26. The highest BCUT2D eigenvalue weighted by atomic mass is 35.5. The van der Waals surface area contributed by atoms with Gasteiger partial charge in [-0.2, -0.15) is 0 Å². The van der Waals surface area contributed by atoms with Crippen LogP contribution in [0.5, 0.6) is 0 Å². The van der Waals surface area contributed by atoms with E-state index in [9.17, 15) is 14.4 Å². The van der Waals surface area contributed by atoms with Crippen LogP contribution in [0.3, 0.4) is 0 Å². The van der Waals surface area contributed by atoms with Crippen LogP contribution in [0.15, 0.2) is 72.8 Å². The van der Waals surface area contributed by atoms with Crippen molar-refractivity contribution in [1.82, 2.24) is 0 Å². The molecule has 32 heavy (non-hydrogen) atoms.